The molecule has 0 spiro atoms. The van der Waals surface area contributed by atoms with E-state index in [1.165, 1.54) is 83.4 Å². The third kappa shape index (κ3) is 5.17. The largest absolute Gasteiger partial charge is 0.334 e. The van der Waals surface area contributed by atoms with Gasteiger partial charge in [-0.1, -0.05) is 153 Å². The van der Waals surface area contributed by atoms with Crippen molar-refractivity contribution in [2.45, 2.75) is 31.7 Å². The number of allylic oxidation sites excluding steroid dienone is 2. The lowest BCUT2D eigenvalue weighted by atomic mass is 9.82. The molecule has 1 heterocycles. The molecule has 2 aliphatic rings. The van der Waals surface area contributed by atoms with Crippen molar-refractivity contribution in [1.82, 2.24) is 4.57 Å². The zero-order valence-corrected chi connectivity index (χ0v) is 30.1. The van der Waals surface area contributed by atoms with Gasteiger partial charge in [0, 0.05) is 33.2 Å². The number of anilines is 2. The summed E-state index contributed by atoms with van der Waals surface area (Å²) >= 11 is 0. The highest BCUT2D eigenvalue weighted by molar-refractivity contribution is 6.10. The second-order valence-electron chi connectivity index (χ2n) is 14.9. The standard InChI is InChI=1S/C51H40N2/c1-51(2)47-19-11-9-17-43(47)44-31-29-42(34-48(44)51)53-49-20-12-10-18-45(49)46-33-41(30-32-50(46)53)52(39-25-21-37(22-26-39)35-13-5-3-6-14-35)40-27-23-38(24-28-40)36-15-7-4-8-16-36/h3-27,29-34,40H,28H2,1-2H3. The van der Waals surface area contributed by atoms with E-state index >= 15 is 0 Å². The predicted molar refractivity (Wildman–Crippen MR) is 224 cm³/mol. The van der Waals surface area contributed by atoms with E-state index in [1.807, 2.05) is 0 Å². The van der Waals surface area contributed by atoms with Gasteiger partial charge in [0.25, 0.3) is 0 Å². The van der Waals surface area contributed by atoms with E-state index < -0.39 is 0 Å². The number of rotatable bonds is 6. The van der Waals surface area contributed by atoms with Crippen LogP contribution >= 0.6 is 0 Å². The predicted octanol–water partition coefficient (Wildman–Crippen LogP) is 13.3. The Kier molecular flexibility index (Phi) is 7.33. The maximum absolute atomic E-state index is 2.52. The molecule has 1 aromatic heterocycles. The number of aromatic nitrogens is 1. The molecule has 0 amide bonds. The number of fused-ring (bicyclic) bond motifs is 6. The summed E-state index contributed by atoms with van der Waals surface area (Å²) in [7, 11) is 0. The van der Waals surface area contributed by atoms with E-state index in [0.717, 1.165) is 6.42 Å². The van der Waals surface area contributed by atoms with Crippen LogP contribution in [-0.4, -0.2) is 10.6 Å². The van der Waals surface area contributed by atoms with Crippen molar-refractivity contribution in [2.24, 2.45) is 0 Å². The molecule has 53 heavy (non-hydrogen) atoms. The number of nitrogens with zero attached hydrogens (tertiary/aromatic N) is 2. The minimum atomic E-state index is -0.0627. The van der Waals surface area contributed by atoms with Crippen LogP contribution in [0, 0.1) is 0 Å². The molecule has 1 unspecified atom stereocenters. The van der Waals surface area contributed by atoms with Gasteiger partial charge in [0.1, 0.15) is 0 Å². The molecule has 2 heteroatoms. The average Bonchev–Trinajstić information content (AvgIpc) is 3.67. The molecule has 0 fully saturated rings. The number of hydrogen-bond acceptors (Lipinski definition) is 1. The third-order valence-corrected chi connectivity index (χ3v) is 11.5. The lowest BCUT2D eigenvalue weighted by molar-refractivity contribution is 0.660. The van der Waals surface area contributed by atoms with Crippen LogP contribution in [0.2, 0.25) is 0 Å². The second kappa shape index (κ2) is 12.4. The van der Waals surface area contributed by atoms with Crippen molar-refractivity contribution >= 4 is 38.8 Å². The first-order valence-electron chi connectivity index (χ1n) is 18.7. The Hall–Kier alpha value is -6.38. The SMILES string of the molecule is CC1(C)c2ccccc2-c2ccc(-n3c4ccccc4c4cc(N(c5ccc(-c6ccccc6)cc5)C5C=CC(c6ccccc6)=CC5)ccc43)cc21. The molecule has 7 aromatic carbocycles. The zero-order valence-electron chi connectivity index (χ0n) is 30.1. The highest BCUT2D eigenvalue weighted by atomic mass is 15.2. The molecule has 0 saturated heterocycles. The lowest BCUT2D eigenvalue weighted by Crippen LogP contribution is -2.30. The fraction of sp³-hybridized carbons (Fsp3) is 0.0980. The van der Waals surface area contributed by atoms with Crippen molar-refractivity contribution in [1.29, 1.82) is 0 Å². The van der Waals surface area contributed by atoms with Crippen molar-refractivity contribution in [2.75, 3.05) is 4.90 Å². The lowest BCUT2D eigenvalue weighted by Gasteiger charge is -2.33. The molecule has 2 nitrogen and oxygen atoms in total. The minimum absolute atomic E-state index is 0.0627. The molecule has 0 N–H and O–H groups in total. The van der Waals surface area contributed by atoms with E-state index in [1.54, 1.807) is 0 Å². The van der Waals surface area contributed by atoms with Crippen molar-refractivity contribution in [3.8, 4) is 27.9 Å². The molecule has 1 atom stereocenters. The van der Waals surface area contributed by atoms with Gasteiger partial charge in [-0.3, -0.25) is 0 Å². The summed E-state index contributed by atoms with van der Waals surface area (Å²) in [5.74, 6) is 0. The molecule has 254 valence electrons. The maximum atomic E-state index is 2.52. The minimum Gasteiger partial charge on any atom is -0.334 e. The summed E-state index contributed by atoms with van der Waals surface area (Å²) in [4.78, 5) is 2.52. The van der Waals surface area contributed by atoms with E-state index in [-0.39, 0.29) is 11.5 Å². The van der Waals surface area contributed by atoms with Crippen LogP contribution in [0.25, 0.3) is 55.3 Å². The van der Waals surface area contributed by atoms with Crippen LogP contribution in [-0.2, 0) is 5.41 Å². The highest BCUT2D eigenvalue weighted by Crippen LogP contribution is 2.49. The van der Waals surface area contributed by atoms with Crippen LogP contribution in [0.5, 0.6) is 0 Å². The summed E-state index contributed by atoms with van der Waals surface area (Å²) in [5, 5.41) is 2.52. The number of benzene rings is 7. The summed E-state index contributed by atoms with van der Waals surface area (Å²) in [6.45, 7) is 4.72. The first kappa shape index (κ1) is 31.4. The van der Waals surface area contributed by atoms with Gasteiger partial charge in [-0.05, 0) is 99.5 Å². The van der Waals surface area contributed by atoms with E-state index in [4.69, 9.17) is 0 Å². The van der Waals surface area contributed by atoms with Crippen molar-refractivity contribution < 1.29 is 0 Å². The van der Waals surface area contributed by atoms with Gasteiger partial charge in [-0.25, -0.2) is 0 Å². The molecular weight excluding hydrogens is 641 g/mol. The molecule has 8 aromatic rings. The fourth-order valence-corrected chi connectivity index (χ4v) is 8.84. The monoisotopic (exact) mass is 680 g/mol. The average molecular weight is 681 g/mol. The Balaban J connectivity index is 1.10. The molecule has 0 aliphatic heterocycles. The zero-order chi connectivity index (χ0) is 35.5. The molecule has 10 rings (SSSR count). The van der Waals surface area contributed by atoms with Gasteiger partial charge >= 0.3 is 0 Å². The Labute approximate surface area is 311 Å². The first-order valence-corrected chi connectivity index (χ1v) is 18.7. The van der Waals surface area contributed by atoms with Crippen molar-refractivity contribution in [3.63, 3.8) is 0 Å². The van der Waals surface area contributed by atoms with Crippen LogP contribution in [0.15, 0.2) is 188 Å². The first-order chi connectivity index (χ1) is 26.0. The van der Waals surface area contributed by atoms with Gasteiger partial charge in [-0.15, -0.1) is 0 Å². The normalized spacial score (nSPS) is 15.7. The van der Waals surface area contributed by atoms with Crippen LogP contribution in [0.4, 0.5) is 11.4 Å². The summed E-state index contributed by atoms with van der Waals surface area (Å²) in [6, 6.07) is 62.5. The molecule has 0 radical (unpaired) electrons. The highest BCUT2D eigenvalue weighted by Gasteiger charge is 2.35. The third-order valence-electron chi connectivity index (χ3n) is 11.5. The Morgan fingerprint density at radius 3 is 1.94 bits per heavy atom. The van der Waals surface area contributed by atoms with E-state index in [0.29, 0.717) is 0 Å². The molecule has 0 bridgehead atoms. The van der Waals surface area contributed by atoms with E-state index in [2.05, 4.69) is 211 Å². The summed E-state index contributed by atoms with van der Waals surface area (Å²) in [5.41, 5.74) is 16.4. The molecular formula is C51H40N2. The van der Waals surface area contributed by atoms with E-state index in [9.17, 15) is 0 Å². The summed E-state index contributed by atoms with van der Waals surface area (Å²) < 4.78 is 2.46. The Morgan fingerprint density at radius 1 is 0.528 bits per heavy atom. The van der Waals surface area contributed by atoms with Gasteiger partial charge in [0.2, 0.25) is 0 Å². The Bertz CT molecular complexity index is 2710. The van der Waals surface area contributed by atoms with Crippen LogP contribution < -0.4 is 4.90 Å². The summed E-state index contributed by atoms with van der Waals surface area (Å²) in [6.07, 6.45) is 7.98. The Morgan fingerprint density at radius 2 is 1.17 bits per heavy atom. The van der Waals surface area contributed by atoms with Gasteiger partial charge in [0.05, 0.1) is 17.1 Å². The van der Waals surface area contributed by atoms with Gasteiger partial charge in [-0.2, -0.15) is 0 Å². The number of para-hydroxylation sites is 1. The van der Waals surface area contributed by atoms with Crippen LogP contribution in [0.3, 0.4) is 0 Å². The molecule has 2 aliphatic carbocycles. The van der Waals surface area contributed by atoms with Crippen LogP contribution in [0.1, 0.15) is 37.0 Å². The van der Waals surface area contributed by atoms with Crippen molar-refractivity contribution in [3.05, 3.63) is 205 Å². The number of hydrogen-bond donors (Lipinski definition) is 0. The topological polar surface area (TPSA) is 8.17 Å². The van der Waals surface area contributed by atoms with Gasteiger partial charge < -0.3 is 9.47 Å². The quantitative estimate of drug-likeness (QED) is 0.170. The fourth-order valence-electron chi connectivity index (χ4n) is 8.84. The smallest absolute Gasteiger partial charge is 0.0560 e. The second-order valence-corrected chi connectivity index (χ2v) is 14.9. The molecule has 0 saturated carbocycles. The maximum Gasteiger partial charge on any atom is 0.0560 e. The van der Waals surface area contributed by atoms with Gasteiger partial charge in [0.15, 0.2) is 0 Å².